The Bertz CT molecular complexity index is 366. The first kappa shape index (κ1) is 9.59. The summed E-state index contributed by atoms with van der Waals surface area (Å²) in [6.07, 6.45) is 0. The highest BCUT2D eigenvalue weighted by atomic mass is 19.3. The van der Waals surface area contributed by atoms with E-state index in [9.17, 15) is 13.2 Å². The van der Waals surface area contributed by atoms with Crippen LogP contribution in [-0.4, -0.2) is 0 Å². The highest BCUT2D eigenvalue weighted by Gasteiger charge is 2.34. The molecule has 13 heavy (non-hydrogen) atoms. The van der Waals surface area contributed by atoms with Crippen molar-refractivity contribution >= 4 is 0 Å². The van der Waals surface area contributed by atoms with Gasteiger partial charge in [0.25, 0.3) is 0 Å². The number of alkyl halides is 2. The van der Waals surface area contributed by atoms with Gasteiger partial charge in [0.05, 0.1) is 5.56 Å². The number of aryl methyl sites for hydroxylation is 1. The Morgan fingerprint density at radius 3 is 2.54 bits per heavy atom. The third kappa shape index (κ3) is 1.64. The molecule has 1 aromatic rings. The summed E-state index contributed by atoms with van der Waals surface area (Å²) in [6, 6.07) is 4.32. The number of nitrogens with zero attached hydrogens (tertiary/aromatic N) is 1. The van der Waals surface area contributed by atoms with E-state index in [4.69, 9.17) is 5.26 Å². The second-order valence-electron chi connectivity index (χ2n) is 2.62. The normalized spacial score (nSPS) is 11.0. The molecule has 0 spiro atoms. The van der Waals surface area contributed by atoms with Crippen LogP contribution in [0.3, 0.4) is 0 Å². The minimum absolute atomic E-state index is 0.104. The van der Waals surface area contributed by atoms with Gasteiger partial charge in [-0.3, -0.25) is 0 Å². The lowest BCUT2D eigenvalue weighted by molar-refractivity contribution is 0.0570. The Kier molecular flexibility index (Phi) is 2.28. The minimum atomic E-state index is -3.75. The maximum absolute atomic E-state index is 13.1. The smallest absolute Gasteiger partial charge is 0.206 e. The molecular weight excluding hydrogens is 179 g/mol. The number of benzene rings is 1. The molecule has 0 bridgehead atoms. The van der Waals surface area contributed by atoms with Gasteiger partial charge in [0, 0.05) is 0 Å². The van der Waals surface area contributed by atoms with Crippen LogP contribution >= 0.6 is 0 Å². The molecular formula is C9H6F3N. The standard InChI is InChI=1S/C9H6F3N/c1-6-3-2-4-7(8(6)10)9(11,12)5-13/h2-4H,1H3. The first-order chi connectivity index (χ1) is 5.99. The zero-order valence-corrected chi connectivity index (χ0v) is 6.81. The molecule has 0 aliphatic rings. The van der Waals surface area contributed by atoms with Crippen LogP contribution in [0, 0.1) is 24.1 Å². The molecule has 68 valence electrons. The highest BCUT2D eigenvalue weighted by Crippen LogP contribution is 2.29. The predicted octanol–water partition coefficient (Wildman–Crippen LogP) is 2.75. The Morgan fingerprint density at radius 1 is 1.38 bits per heavy atom. The van der Waals surface area contributed by atoms with Crippen LogP contribution in [-0.2, 0) is 5.92 Å². The number of nitriles is 1. The molecule has 0 aromatic heterocycles. The van der Waals surface area contributed by atoms with E-state index in [0.29, 0.717) is 0 Å². The van der Waals surface area contributed by atoms with Gasteiger partial charge < -0.3 is 0 Å². The maximum Gasteiger partial charge on any atom is 0.360 e. The molecule has 0 saturated carbocycles. The van der Waals surface area contributed by atoms with Gasteiger partial charge in [-0.1, -0.05) is 12.1 Å². The van der Waals surface area contributed by atoms with Crippen LogP contribution in [0.4, 0.5) is 13.2 Å². The summed E-state index contributed by atoms with van der Waals surface area (Å²) in [5, 5.41) is 8.10. The lowest BCUT2D eigenvalue weighted by atomic mass is 10.1. The lowest BCUT2D eigenvalue weighted by Crippen LogP contribution is -2.12. The Morgan fingerprint density at radius 2 is 2.00 bits per heavy atom. The third-order valence-corrected chi connectivity index (χ3v) is 1.67. The van der Waals surface area contributed by atoms with Gasteiger partial charge in [-0.25, -0.2) is 4.39 Å². The van der Waals surface area contributed by atoms with Crippen LogP contribution < -0.4 is 0 Å². The van der Waals surface area contributed by atoms with Gasteiger partial charge in [-0.2, -0.15) is 14.0 Å². The van der Waals surface area contributed by atoms with Crippen molar-refractivity contribution in [3.63, 3.8) is 0 Å². The Hall–Kier alpha value is -1.50. The summed E-state index contributed by atoms with van der Waals surface area (Å²) in [7, 11) is 0. The van der Waals surface area contributed by atoms with Gasteiger partial charge in [0.15, 0.2) is 0 Å². The summed E-state index contributed by atoms with van der Waals surface area (Å²) in [5.74, 6) is -4.77. The minimum Gasteiger partial charge on any atom is -0.206 e. The maximum atomic E-state index is 13.1. The average molecular weight is 185 g/mol. The van der Waals surface area contributed by atoms with Gasteiger partial charge in [-0.05, 0) is 18.6 Å². The number of hydrogen-bond acceptors (Lipinski definition) is 1. The molecule has 0 amide bonds. The van der Waals surface area contributed by atoms with E-state index in [2.05, 4.69) is 0 Å². The number of hydrogen-bond donors (Lipinski definition) is 0. The molecule has 0 heterocycles. The fourth-order valence-electron chi connectivity index (χ4n) is 0.950. The van der Waals surface area contributed by atoms with Crippen LogP contribution in [0.1, 0.15) is 11.1 Å². The van der Waals surface area contributed by atoms with E-state index in [0.717, 1.165) is 12.1 Å². The van der Waals surface area contributed by atoms with E-state index in [1.807, 2.05) is 0 Å². The van der Waals surface area contributed by atoms with Crippen molar-refractivity contribution in [1.82, 2.24) is 0 Å². The first-order valence-corrected chi connectivity index (χ1v) is 3.53. The molecule has 1 aromatic carbocycles. The Labute approximate surface area is 73.4 Å². The van der Waals surface area contributed by atoms with Crippen LogP contribution in [0.25, 0.3) is 0 Å². The summed E-state index contributed by atoms with van der Waals surface area (Å²) < 4.78 is 38.5. The van der Waals surface area contributed by atoms with Crippen molar-refractivity contribution < 1.29 is 13.2 Å². The lowest BCUT2D eigenvalue weighted by Gasteiger charge is -2.09. The number of rotatable bonds is 1. The average Bonchev–Trinajstić information content (AvgIpc) is 2.09. The topological polar surface area (TPSA) is 23.8 Å². The van der Waals surface area contributed by atoms with E-state index < -0.39 is 17.3 Å². The molecule has 0 fully saturated rings. The van der Waals surface area contributed by atoms with Gasteiger partial charge in [0.1, 0.15) is 11.9 Å². The quantitative estimate of drug-likeness (QED) is 0.659. The molecule has 0 saturated heterocycles. The fraction of sp³-hybridized carbons (Fsp3) is 0.222. The third-order valence-electron chi connectivity index (χ3n) is 1.67. The molecule has 0 unspecified atom stereocenters. The molecule has 0 atom stereocenters. The van der Waals surface area contributed by atoms with E-state index in [1.54, 1.807) is 0 Å². The summed E-state index contributed by atoms with van der Waals surface area (Å²) in [6.45, 7) is 1.37. The summed E-state index contributed by atoms with van der Waals surface area (Å²) in [5.41, 5.74) is -0.762. The molecule has 0 aliphatic carbocycles. The number of halogens is 3. The van der Waals surface area contributed by atoms with Crippen LogP contribution in [0.5, 0.6) is 0 Å². The van der Waals surface area contributed by atoms with Crippen LogP contribution in [0.2, 0.25) is 0 Å². The van der Waals surface area contributed by atoms with Crippen molar-refractivity contribution in [3.05, 3.63) is 35.1 Å². The van der Waals surface area contributed by atoms with Crippen molar-refractivity contribution in [2.24, 2.45) is 0 Å². The monoisotopic (exact) mass is 185 g/mol. The predicted molar refractivity (Wildman–Crippen MR) is 40.6 cm³/mol. The summed E-state index contributed by atoms with van der Waals surface area (Å²) >= 11 is 0. The zero-order valence-electron chi connectivity index (χ0n) is 6.81. The van der Waals surface area contributed by atoms with Gasteiger partial charge in [-0.15, -0.1) is 0 Å². The van der Waals surface area contributed by atoms with Crippen molar-refractivity contribution in [2.75, 3.05) is 0 Å². The molecule has 4 heteroatoms. The van der Waals surface area contributed by atoms with Crippen molar-refractivity contribution in [1.29, 1.82) is 5.26 Å². The second kappa shape index (κ2) is 3.09. The van der Waals surface area contributed by atoms with E-state index in [1.165, 1.54) is 19.1 Å². The largest absolute Gasteiger partial charge is 0.360 e. The highest BCUT2D eigenvalue weighted by molar-refractivity contribution is 5.31. The molecule has 0 aliphatic heterocycles. The molecule has 0 radical (unpaired) electrons. The van der Waals surface area contributed by atoms with Crippen LogP contribution in [0.15, 0.2) is 18.2 Å². The first-order valence-electron chi connectivity index (χ1n) is 3.53. The van der Waals surface area contributed by atoms with Gasteiger partial charge in [0.2, 0.25) is 0 Å². The zero-order chi connectivity index (χ0) is 10.1. The van der Waals surface area contributed by atoms with Crippen molar-refractivity contribution in [2.45, 2.75) is 12.8 Å². The second-order valence-corrected chi connectivity index (χ2v) is 2.62. The SMILES string of the molecule is Cc1cccc(C(F)(F)C#N)c1F. The van der Waals surface area contributed by atoms with Gasteiger partial charge >= 0.3 is 5.92 Å². The fourth-order valence-corrected chi connectivity index (χ4v) is 0.950. The van der Waals surface area contributed by atoms with E-state index >= 15 is 0 Å². The molecule has 1 rings (SSSR count). The molecule has 1 nitrogen and oxygen atoms in total. The molecule has 0 N–H and O–H groups in total. The van der Waals surface area contributed by atoms with Crippen molar-refractivity contribution in [3.8, 4) is 6.07 Å². The Balaban J connectivity index is 3.33. The summed E-state index contributed by atoms with van der Waals surface area (Å²) in [4.78, 5) is 0. The van der Waals surface area contributed by atoms with E-state index in [-0.39, 0.29) is 5.56 Å².